The Kier molecular flexibility index (Phi) is 6.01. The number of nitrogens with one attached hydrogen (secondary N) is 1. The Morgan fingerprint density at radius 3 is 2.35 bits per heavy atom. The second kappa shape index (κ2) is 7.30. The molecule has 1 atom stereocenters. The summed E-state index contributed by atoms with van der Waals surface area (Å²) < 4.78 is 5.15. The van der Waals surface area contributed by atoms with Crippen LogP contribution in [0.3, 0.4) is 0 Å². The van der Waals surface area contributed by atoms with E-state index in [4.69, 9.17) is 4.74 Å². The van der Waals surface area contributed by atoms with Crippen LogP contribution < -0.4 is 10.1 Å². The topological polar surface area (TPSA) is 24.5 Å². The fourth-order valence-corrected chi connectivity index (χ4v) is 1.90. The fourth-order valence-electron chi connectivity index (χ4n) is 1.90. The molecule has 0 aliphatic carbocycles. The normalized spacial score (nSPS) is 12.8. The van der Waals surface area contributed by atoms with Gasteiger partial charge < -0.3 is 15.0 Å². The van der Waals surface area contributed by atoms with Gasteiger partial charge in [0.15, 0.2) is 0 Å². The predicted molar refractivity (Wildman–Crippen MR) is 72.7 cm³/mol. The Morgan fingerprint density at radius 2 is 1.88 bits per heavy atom. The highest BCUT2D eigenvalue weighted by molar-refractivity contribution is 5.27. The van der Waals surface area contributed by atoms with Crippen molar-refractivity contribution in [3.63, 3.8) is 0 Å². The van der Waals surface area contributed by atoms with Gasteiger partial charge in [-0.25, -0.2) is 0 Å². The summed E-state index contributed by atoms with van der Waals surface area (Å²) in [4.78, 5) is 2.22. The Labute approximate surface area is 105 Å². The van der Waals surface area contributed by atoms with Gasteiger partial charge in [-0.15, -0.1) is 0 Å². The third kappa shape index (κ3) is 5.20. The van der Waals surface area contributed by atoms with Crippen LogP contribution in [-0.2, 0) is 6.42 Å². The first-order chi connectivity index (χ1) is 8.15. The lowest BCUT2D eigenvalue weighted by Gasteiger charge is -2.20. The van der Waals surface area contributed by atoms with Crippen molar-refractivity contribution in [3.05, 3.63) is 29.8 Å². The molecule has 0 heterocycles. The predicted octanol–water partition coefficient (Wildman–Crippen LogP) is 1.78. The SMILES string of the molecule is CNC(CCc1ccc(OC)cc1)CN(C)C. The Hall–Kier alpha value is -1.06. The Balaban J connectivity index is 2.42. The van der Waals surface area contributed by atoms with Crippen LogP contribution >= 0.6 is 0 Å². The minimum Gasteiger partial charge on any atom is -0.497 e. The van der Waals surface area contributed by atoms with Crippen LogP contribution in [0.1, 0.15) is 12.0 Å². The zero-order chi connectivity index (χ0) is 12.7. The van der Waals surface area contributed by atoms with Crippen molar-refractivity contribution in [2.24, 2.45) is 0 Å². The van der Waals surface area contributed by atoms with Crippen LogP contribution in [0.4, 0.5) is 0 Å². The van der Waals surface area contributed by atoms with Gasteiger partial charge in [-0.05, 0) is 51.7 Å². The summed E-state index contributed by atoms with van der Waals surface area (Å²) in [5, 5.41) is 3.36. The van der Waals surface area contributed by atoms with E-state index in [1.807, 2.05) is 19.2 Å². The molecule has 0 aliphatic heterocycles. The number of hydrogen-bond acceptors (Lipinski definition) is 3. The maximum absolute atomic E-state index is 5.15. The van der Waals surface area contributed by atoms with E-state index in [-0.39, 0.29) is 0 Å². The van der Waals surface area contributed by atoms with E-state index < -0.39 is 0 Å². The van der Waals surface area contributed by atoms with E-state index in [1.54, 1.807) is 7.11 Å². The molecule has 0 amide bonds. The summed E-state index contributed by atoms with van der Waals surface area (Å²) in [6.07, 6.45) is 2.25. The minimum absolute atomic E-state index is 0.548. The molecule has 3 nitrogen and oxygen atoms in total. The molecular formula is C14H24N2O. The van der Waals surface area contributed by atoms with Crippen molar-refractivity contribution >= 4 is 0 Å². The largest absolute Gasteiger partial charge is 0.497 e. The lowest BCUT2D eigenvalue weighted by molar-refractivity contribution is 0.337. The highest BCUT2D eigenvalue weighted by Gasteiger charge is 2.07. The van der Waals surface area contributed by atoms with Crippen molar-refractivity contribution in [2.45, 2.75) is 18.9 Å². The van der Waals surface area contributed by atoms with E-state index in [0.717, 1.165) is 25.1 Å². The molecule has 17 heavy (non-hydrogen) atoms. The van der Waals surface area contributed by atoms with Crippen molar-refractivity contribution in [2.75, 3.05) is 34.8 Å². The molecule has 0 saturated heterocycles. The van der Waals surface area contributed by atoms with Gasteiger partial charge in [0.1, 0.15) is 5.75 Å². The standard InChI is InChI=1S/C14H24N2O/c1-15-13(11-16(2)3)8-5-12-6-9-14(17-4)10-7-12/h6-7,9-10,13,15H,5,8,11H2,1-4H3. The van der Waals surface area contributed by atoms with Crippen LogP contribution in [0.25, 0.3) is 0 Å². The summed E-state index contributed by atoms with van der Waals surface area (Å²) in [6.45, 7) is 1.08. The van der Waals surface area contributed by atoms with Gasteiger partial charge in [0.05, 0.1) is 7.11 Å². The molecule has 0 fully saturated rings. The summed E-state index contributed by atoms with van der Waals surface area (Å²) >= 11 is 0. The zero-order valence-corrected chi connectivity index (χ0v) is 11.4. The zero-order valence-electron chi connectivity index (χ0n) is 11.4. The van der Waals surface area contributed by atoms with Crippen LogP contribution in [0.2, 0.25) is 0 Å². The van der Waals surface area contributed by atoms with E-state index >= 15 is 0 Å². The first-order valence-corrected chi connectivity index (χ1v) is 6.10. The maximum Gasteiger partial charge on any atom is 0.118 e. The molecule has 0 spiro atoms. The Morgan fingerprint density at radius 1 is 1.24 bits per heavy atom. The maximum atomic E-state index is 5.15. The summed E-state index contributed by atoms with van der Waals surface area (Å²) in [6, 6.07) is 8.88. The monoisotopic (exact) mass is 236 g/mol. The average molecular weight is 236 g/mol. The van der Waals surface area contributed by atoms with Gasteiger partial charge in [0.25, 0.3) is 0 Å². The highest BCUT2D eigenvalue weighted by Crippen LogP contribution is 2.13. The van der Waals surface area contributed by atoms with Crippen molar-refractivity contribution < 1.29 is 4.74 Å². The molecule has 1 unspecified atom stereocenters. The molecule has 0 aromatic heterocycles. The Bertz CT molecular complexity index is 309. The lowest BCUT2D eigenvalue weighted by Crippen LogP contribution is -2.36. The number of ether oxygens (including phenoxy) is 1. The van der Waals surface area contributed by atoms with Gasteiger partial charge in [0.2, 0.25) is 0 Å². The molecule has 0 saturated carbocycles. The quantitative estimate of drug-likeness (QED) is 0.781. The third-order valence-corrected chi connectivity index (χ3v) is 2.93. The van der Waals surface area contributed by atoms with Crippen molar-refractivity contribution in [1.82, 2.24) is 10.2 Å². The molecule has 3 heteroatoms. The van der Waals surface area contributed by atoms with Gasteiger partial charge in [-0.1, -0.05) is 12.1 Å². The number of rotatable bonds is 7. The van der Waals surface area contributed by atoms with Crippen molar-refractivity contribution in [3.8, 4) is 5.75 Å². The summed E-state index contributed by atoms with van der Waals surface area (Å²) in [7, 11) is 7.95. The van der Waals surface area contributed by atoms with E-state index in [2.05, 4.69) is 36.4 Å². The van der Waals surface area contributed by atoms with E-state index in [9.17, 15) is 0 Å². The number of benzene rings is 1. The second-order valence-electron chi connectivity index (χ2n) is 4.63. The van der Waals surface area contributed by atoms with Gasteiger partial charge in [0, 0.05) is 12.6 Å². The van der Waals surface area contributed by atoms with Gasteiger partial charge in [-0.2, -0.15) is 0 Å². The third-order valence-electron chi connectivity index (χ3n) is 2.93. The van der Waals surface area contributed by atoms with Crippen LogP contribution in [0.5, 0.6) is 5.75 Å². The average Bonchev–Trinajstić information content (AvgIpc) is 2.34. The smallest absolute Gasteiger partial charge is 0.118 e. The second-order valence-corrected chi connectivity index (χ2v) is 4.63. The fraction of sp³-hybridized carbons (Fsp3) is 0.571. The number of methoxy groups -OCH3 is 1. The molecule has 1 aromatic carbocycles. The number of aryl methyl sites for hydroxylation is 1. The first kappa shape index (κ1) is 14.0. The summed E-state index contributed by atoms with van der Waals surface area (Å²) in [5.41, 5.74) is 1.37. The minimum atomic E-state index is 0.548. The number of hydrogen-bond donors (Lipinski definition) is 1. The van der Waals surface area contributed by atoms with Gasteiger partial charge >= 0.3 is 0 Å². The number of likely N-dealkylation sites (N-methyl/N-ethyl adjacent to an activating group) is 2. The number of nitrogens with zero attached hydrogens (tertiary/aromatic N) is 1. The first-order valence-electron chi connectivity index (χ1n) is 6.10. The summed E-state index contributed by atoms with van der Waals surface area (Å²) in [5.74, 6) is 0.923. The van der Waals surface area contributed by atoms with E-state index in [1.165, 1.54) is 5.56 Å². The lowest BCUT2D eigenvalue weighted by atomic mass is 10.0. The van der Waals surface area contributed by atoms with Gasteiger partial charge in [-0.3, -0.25) is 0 Å². The molecular weight excluding hydrogens is 212 g/mol. The molecule has 1 N–H and O–H groups in total. The van der Waals surface area contributed by atoms with Crippen LogP contribution in [0.15, 0.2) is 24.3 Å². The highest BCUT2D eigenvalue weighted by atomic mass is 16.5. The molecule has 0 aliphatic rings. The molecule has 0 radical (unpaired) electrons. The molecule has 0 bridgehead atoms. The van der Waals surface area contributed by atoms with Crippen molar-refractivity contribution in [1.29, 1.82) is 0 Å². The van der Waals surface area contributed by atoms with Crippen LogP contribution in [0, 0.1) is 0 Å². The molecule has 96 valence electrons. The molecule has 1 rings (SSSR count). The van der Waals surface area contributed by atoms with E-state index in [0.29, 0.717) is 6.04 Å². The molecule has 1 aromatic rings. The van der Waals surface area contributed by atoms with Crippen LogP contribution in [-0.4, -0.2) is 45.7 Å².